The Morgan fingerprint density at radius 1 is 0.314 bits per heavy atom. The Kier molecular flexibility index (Phi) is 6.78. The van der Waals surface area contributed by atoms with Crippen molar-refractivity contribution in [1.29, 1.82) is 0 Å². The fourth-order valence-electron chi connectivity index (χ4n) is 7.25. The highest BCUT2D eigenvalue weighted by Crippen LogP contribution is 2.43. The molecule has 0 radical (unpaired) electrons. The number of hydrogen-bond acceptors (Lipinski definition) is 4. The molecule has 0 unspecified atom stereocenters. The maximum absolute atomic E-state index is 6.89. The molecule has 0 bridgehead atoms. The Morgan fingerprint density at radius 3 is 1.49 bits per heavy atom. The topological polar surface area (TPSA) is 51.8 Å². The van der Waals surface area contributed by atoms with Gasteiger partial charge in [-0.3, -0.25) is 0 Å². The summed E-state index contributed by atoms with van der Waals surface area (Å²) in [5.41, 5.74) is 8.89. The average Bonchev–Trinajstić information content (AvgIpc) is 3.58. The van der Waals surface area contributed by atoms with E-state index in [0.29, 0.717) is 17.5 Å². The lowest BCUT2D eigenvalue weighted by atomic mass is 9.91. The molecule has 0 amide bonds. The van der Waals surface area contributed by atoms with Gasteiger partial charge in [0.25, 0.3) is 0 Å². The van der Waals surface area contributed by atoms with Gasteiger partial charge in [0.05, 0.1) is 0 Å². The zero-order valence-corrected chi connectivity index (χ0v) is 27.5. The lowest BCUT2D eigenvalue weighted by molar-refractivity contribution is 0.670. The van der Waals surface area contributed by atoms with Crippen molar-refractivity contribution in [3.05, 3.63) is 176 Å². The van der Waals surface area contributed by atoms with Crippen LogP contribution in [0.5, 0.6) is 0 Å². The molecule has 8 aromatic carbocycles. The predicted octanol–water partition coefficient (Wildman–Crippen LogP) is 12.4. The SMILES string of the molecule is c1ccc(-c2nc(-c3ccccc3)nc(-c3ccc4c(c3)oc3c(-c5cccc6ccccc56)cc(-c5cccc6ccccc56)cc34)n2)cc1. The summed E-state index contributed by atoms with van der Waals surface area (Å²) in [6.45, 7) is 0. The molecule has 10 aromatic rings. The summed E-state index contributed by atoms with van der Waals surface area (Å²) < 4.78 is 6.89. The first-order valence-corrected chi connectivity index (χ1v) is 17.1. The molecule has 0 saturated carbocycles. The van der Waals surface area contributed by atoms with Crippen LogP contribution in [0.25, 0.3) is 99.9 Å². The Bertz CT molecular complexity index is 2840. The van der Waals surface area contributed by atoms with Crippen LogP contribution < -0.4 is 0 Å². The molecule has 4 nitrogen and oxygen atoms in total. The van der Waals surface area contributed by atoms with Crippen LogP contribution in [-0.2, 0) is 0 Å². The first-order valence-electron chi connectivity index (χ1n) is 17.1. The maximum atomic E-state index is 6.89. The standard InChI is InChI=1S/C47H29N3O/c1-3-15-32(16-4-1)45-48-46(33-17-5-2-6-18-33)50-47(49-45)34-25-26-40-42-28-35(38-23-11-19-30-13-7-9-21-36(30)38)27-41(44(42)51-43(40)29-34)39-24-12-20-31-14-8-10-22-37(31)39/h1-29H. The number of aromatic nitrogens is 3. The van der Waals surface area contributed by atoms with Crippen molar-refractivity contribution >= 4 is 43.5 Å². The molecule has 0 aliphatic heterocycles. The van der Waals surface area contributed by atoms with Crippen LogP contribution in [0.2, 0.25) is 0 Å². The second-order valence-electron chi connectivity index (χ2n) is 12.8. The van der Waals surface area contributed by atoms with Gasteiger partial charge in [-0.2, -0.15) is 0 Å². The van der Waals surface area contributed by atoms with Gasteiger partial charge in [-0.25, -0.2) is 15.0 Å². The van der Waals surface area contributed by atoms with Crippen molar-refractivity contribution in [2.24, 2.45) is 0 Å². The van der Waals surface area contributed by atoms with E-state index in [1.54, 1.807) is 0 Å². The van der Waals surface area contributed by atoms with Crippen LogP contribution >= 0.6 is 0 Å². The minimum Gasteiger partial charge on any atom is -0.455 e. The van der Waals surface area contributed by atoms with Crippen LogP contribution in [0.1, 0.15) is 0 Å². The van der Waals surface area contributed by atoms with Gasteiger partial charge in [-0.15, -0.1) is 0 Å². The lowest BCUT2D eigenvalue weighted by Gasteiger charge is -2.12. The monoisotopic (exact) mass is 651 g/mol. The van der Waals surface area contributed by atoms with E-state index in [0.717, 1.165) is 55.3 Å². The predicted molar refractivity (Wildman–Crippen MR) is 209 cm³/mol. The quantitative estimate of drug-likeness (QED) is 0.186. The lowest BCUT2D eigenvalue weighted by Crippen LogP contribution is -2.00. The van der Waals surface area contributed by atoms with Crippen LogP contribution in [0, 0.1) is 0 Å². The second-order valence-corrected chi connectivity index (χ2v) is 12.8. The number of hydrogen-bond donors (Lipinski definition) is 0. The Labute approximate surface area is 294 Å². The number of fused-ring (bicyclic) bond motifs is 5. The van der Waals surface area contributed by atoms with Gasteiger partial charge in [-0.1, -0.05) is 152 Å². The van der Waals surface area contributed by atoms with Gasteiger partial charge in [0.2, 0.25) is 0 Å². The van der Waals surface area contributed by atoms with Crippen molar-refractivity contribution in [3.63, 3.8) is 0 Å². The summed E-state index contributed by atoms with van der Waals surface area (Å²) in [6.07, 6.45) is 0. The fourth-order valence-corrected chi connectivity index (χ4v) is 7.25. The Balaban J connectivity index is 1.22. The van der Waals surface area contributed by atoms with Gasteiger partial charge in [-0.05, 0) is 62.5 Å². The fraction of sp³-hybridized carbons (Fsp3) is 0. The molecule has 0 aliphatic carbocycles. The van der Waals surface area contributed by atoms with Crippen molar-refractivity contribution in [2.45, 2.75) is 0 Å². The highest BCUT2D eigenvalue weighted by Gasteiger charge is 2.19. The molecular formula is C47H29N3O. The largest absolute Gasteiger partial charge is 0.455 e. The van der Waals surface area contributed by atoms with Gasteiger partial charge in [0, 0.05) is 33.0 Å². The Morgan fingerprint density at radius 2 is 0.843 bits per heavy atom. The molecule has 0 N–H and O–H groups in total. The smallest absolute Gasteiger partial charge is 0.164 e. The molecule has 0 fully saturated rings. The molecule has 0 saturated heterocycles. The minimum absolute atomic E-state index is 0.593. The van der Waals surface area contributed by atoms with Crippen molar-refractivity contribution in [2.75, 3.05) is 0 Å². The summed E-state index contributed by atoms with van der Waals surface area (Å²) >= 11 is 0. The van der Waals surface area contributed by atoms with Crippen LogP contribution in [0.15, 0.2) is 180 Å². The third-order valence-corrected chi connectivity index (χ3v) is 9.71. The zero-order chi connectivity index (χ0) is 33.7. The molecule has 4 heteroatoms. The van der Waals surface area contributed by atoms with Gasteiger partial charge < -0.3 is 4.42 Å². The molecule has 2 heterocycles. The third kappa shape index (κ3) is 5.04. The summed E-state index contributed by atoms with van der Waals surface area (Å²) in [5.74, 6) is 1.85. The van der Waals surface area contributed by atoms with Gasteiger partial charge in [0.1, 0.15) is 11.2 Å². The van der Waals surface area contributed by atoms with E-state index < -0.39 is 0 Å². The number of furan rings is 1. The number of nitrogens with zero attached hydrogens (tertiary/aromatic N) is 3. The average molecular weight is 652 g/mol. The zero-order valence-electron chi connectivity index (χ0n) is 27.5. The highest BCUT2D eigenvalue weighted by molar-refractivity contribution is 6.15. The molecule has 0 atom stereocenters. The molecular weight excluding hydrogens is 623 g/mol. The Hall–Kier alpha value is -6.91. The van der Waals surface area contributed by atoms with E-state index in [1.165, 1.54) is 27.1 Å². The molecule has 2 aromatic heterocycles. The van der Waals surface area contributed by atoms with E-state index in [4.69, 9.17) is 19.4 Å². The number of benzene rings is 8. The van der Waals surface area contributed by atoms with Crippen LogP contribution in [0.3, 0.4) is 0 Å². The van der Waals surface area contributed by atoms with E-state index in [-0.39, 0.29) is 0 Å². The van der Waals surface area contributed by atoms with Crippen molar-refractivity contribution in [1.82, 2.24) is 15.0 Å². The van der Waals surface area contributed by atoms with Crippen molar-refractivity contribution < 1.29 is 4.42 Å². The van der Waals surface area contributed by atoms with E-state index in [2.05, 4.69) is 115 Å². The van der Waals surface area contributed by atoms with E-state index in [1.807, 2.05) is 60.7 Å². The minimum atomic E-state index is 0.593. The maximum Gasteiger partial charge on any atom is 0.164 e. The van der Waals surface area contributed by atoms with Crippen molar-refractivity contribution in [3.8, 4) is 56.4 Å². The summed E-state index contributed by atoms with van der Waals surface area (Å²) in [5, 5.41) is 6.91. The normalized spacial score (nSPS) is 11.5. The van der Waals surface area contributed by atoms with Gasteiger partial charge in [0.15, 0.2) is 17.5 Å². The summed E-state index contributed by atoms with van der Waals surface area (Å²) in [4.78, 5) is 14.8. The summed E-state index contributed by atoms with van der Waals surface area (Å²) in [7, 11) is 0. The summed E-state index contributed by atoms with van der Waals surface area (Å²) in [6, 6.07) is 61.1. The molecule has 238 valence electrons. The first-order chi connectivity index (χ1) is 25.3. The molecule has 10 rings (SSSR count). The number of rotatable bonds is 5. The van der Waals surface area contributed by atoms with Gasteiger partial charge >= 0.3 is 0 Å². The molecule has 0 aliphatic rings. The van der Waals surface area contributed by atoms with E-state index >= 15 is 0 Å². The highest BCUT2D eigenvalue weighted by atomic mass is 16.3. The molecule has 0 spiro atoms. The van der Waals surface area contributed by atoms with Crippen LogP contribution in [0.4, 0.5) is 0 Å². The second kappa shape index (κ2) is 11.9. The van der Waals surface area contributed by atoms with E-state index in [9.17, 15) is 0 Å². The molecule has 51 heavy (non-hydrogen) atoms. The first kappa shape index (κ1) is 29.0. The van der Waals surface area contributed by atoms with Crippen LogP contribution in [-0.4, -0.2) is 15.0 Å². The third-order valence-electron chi connectivity index (χ3n) is 9.71.